The first-order valence-corrected chi connectivity index (χ1v) is 10.1. The van der Waals surface area contributed by atoms with E-state index in [-0.39, 0.29) is 5.91 Å². The van der Waals surface area contributed by atoms with Crippen molar-refractivity contribution in [3.05, 3.63) is 108 Å². The van der Waals surface area contributed by atoms with Gasteiger partial charge >= 0.3 is 0 Å². The van der Waals surface area contributed by atoms with Crippen molar-refractivity contribution in [1.29, 1.82) is 0 Å². The summed E-state index contributed by atoms with van der Waals surface area (Å²) in [6, 6.07) is 31.3. The molecule has 4 aromatic carbocycles. The summed E-state index contributed by atoms with van der Waals surface area (Å²) in [5, 5.41) is 12.1. The molecule has 0 unspecified atom stereocenters. The SMILES string of the molecule is Cc1cc2nn(-c3ccccc3)nc2cc1NC(=O)c1ccc(-c2ccccc2)cc1. The van der Waals surface area contributed by atoms with Gasteiger partial charge in [0.25, 0.3) is 5.91 Å². The van der Waals surface area contributed by atoms with E-state index in [1.165, 1.54) is 0 Å². The summed E-state index contributed by atoms with van der Waals surface area (Å²) in [6.45, 7) is 1.95. The minimum atomic E-state index is -0.155. The van der Waals surface area contributed by atoms with Gasteiger partial charge in [-0.25, -0.2) is 0 Å². The summed E-state index contributed by atoms with van der Waals surface area (Å²) in [6.07, 6.45) is 0. The molecule has 1 aromatic heterocycles. The summed E-state index contributed by atoms with van der Waals surface area (Å²) in [5.41, 5.74) is 6.86. The van der Waals surface area contributed by atoms with Gasteiger partial charge in [-0.2, -0.15) is 4.80 Å². The van der Waals surface area contributed by atoms with Crippen molar-refractivity contribution >= 4 is 22.6 Å². The molecule has 0 aliphatic heterocycles. The van der Waals surface area contributed by atoms with Crippen LogP contribution >= 0.6 is 0 Å². The Bertz CT molecular complexity index is 1360. The largest absolute Gasteiger partial charge is 0.322 e. The van der Waals surface area contributed by atoms with E-state index in [0.717, 1.165) is 39.1 Å². The number of para-hydroxylation sites is 1. The third-order valence-corrected chi connectivity index (χ3v) is 5.22. The van der Waals surface area contributed by atoms with Gasteiger partial charge in [0.05, 0.1) is 5.69 Å². The lowest BCUT2D eigenvalue weighted by molar-refractivity contribution is 0.102. The van der Waals surface area contributed by atoms with Gasteiger partial charge in [0, 0.05) is 11.3 Å². The molecule has 150 valence electrons. The fourth-order valence-electron chi connectivity index (χ4n) is 3.52. The van der Waals surface area contributed by atoms with Crippen LogP contribution in [0.3, 0.4) is 0 Å². The highest BCUT2D eigenvalue weighted by atomic mass is 16.1. The average Bonchev–Trinajstić information content (AvgIpc) is 3.23. The highest BCUT2D eigenvalue weighted by Gasteiger charge is 2.12. The molecule has 0 aliphatic rings. The van der Waals surface area contributed by atoms with E-state index >= 15 is 0 Å². The van der Waals surface area contributed by atoms with Crippen LogP contribution in [0.2, 0.25) is 0 Å². The third kappa shape index (κ3) is 3.81. The number of aryl methyl sites for hydroxylation is 1. The maximum atomic E-state index is 12.8. The molecule has 1 N–H and O–H groups in total. The Morgan fingerprint density at radius 2 is 1.32 bits per heavy atom. The van der Waals surface area contributed by atoms with Crippen molar-refractivity contribution in [2.24, 2.45) is 0 Å². The van der Waals surface area contributed by atoms with Gasteiger partial charge < -0.3 is 5.32 Å². The Labute approximate surface area is 180 Å². The number of nitrogens with zero attached hydrogens (tertiary/aromatic N) is 3. The second kappa shape index (κ2) is 7.88. The van der Waals surface area contributed by atoms with Crippen LogP contribution in [-0.2, 0) is 0 Å². The molecule has 0 bridgehead atoms. The van der Waals surface area contributed by atoms with Crippen LogP contribution in [0.25, 0.3) is 27.8 Å². The molecule has 5 nitrogen and oxygen atoms in total. The summed E-state index contributed by atoms with van der Waals surface area (Å²) < 4.78 is 0. The predicted octanol–water partition coefficient (Wildman–Crippen LogP) is 5.65. The van der Waals surface area contributed by atoms with E-state index in [0.29, 0.717) is 5.56 Å². The molecule has 0 fully saturated rings. The molecule has 0 saturated carbocycles. The Balaban J connectivity index is 1.39. The predicted molar refractivity (Wildman–Crippen MR) is 123 cm³/mol. The Morgan fingerprint density at radius 3 is 2.00 bits per heavy atom. The normalized spacial score (nSPS) is 10.9. The smallest absolute Gasteiger partial charge is 0.255 e. The number of nitrogens with one attached hydrogen (secondary N) is 1. The van der Waals surface area contributed by atoms with E-state index in [1.807, 2.05) is 91.9 Å². The molecular weight excluding hydrogens is 384 g/mol. The number of amides is 1. The van der Waals surface area contributed by atoms with Crippen LogP contribution in [0.4, 0.5) is 5.69 Å². The zero-order valence-corrected chi connectivity index (χ0v) is 17.0. The lowest BCUT2D eigenvalue weighted by atomic mass is 10.0. The number of benzene rings is 4. The molecule has 1 heterocycles. The van der Waals surface area contributed by atoms with E-state index in [9.17, 15) is 4.79 Å². The van der Waals surface area contributed by atoms with Gasteiger partial charge in [-0.15, -0.1) is 10.2 Å². The van der Waals surface area contributed by atoms with Crippen molar-refractivity contribution < 1.29 is 4.79 Å². The zero-order chi connectivity index (χ0) is 21.2. The second-order valence-corrected chi connectivity index (χ2v) is 7.38. The number of carbonyl (C=O) groups is 1. The fraction of sp³-hybridized carbons (Fsp3) is 0.0385. The first-order valence-electron chi connectivity index (χ1n) is 10.1. The third-order valence-electron chi connectivity index (χ3n) is 5.22. The molecule has 0 radical (unpaired) electrons. The average molecular weight is 404 g/mol. The lowest BCUT2D eigenvalue weighted by Crippen LogP contribution is -2.12. The fourth-order valence-corrected chi connectivity index (χ4v) is 3.52. The van der Waals surface area contributed by atoms with Crippen molar-refractivity contribution in [2.45, 2.75) is 6.92 Å². The quantitative estimate of drug-likeness (QED) is 0.421. The minimum Gasteiger partial charge on any atom is -0.322 e. The molecular formula is C26H20N4O. The Kier molecular flexibility index (Phi) is 4.77. The van der Waals surface area contributed by atoms with Crippen LogP contribution in [0.5, 0.6) is 0 Å². The molecule has 31 heavy (non-hydrogen) atoms. The number of rotatable bonds is 4. The Hall–Kier alpha value is -4.25. The number of aromatic nitrogens is 3. The molecule has 5 heteroatoms. The molecule has 0 saturated heterocycles. The first kappa shape index (κ1) is 18.8. The van der Waals surface area contributed by atoms with Crippen LogP contribution in [0.1, 0.15) is 15.9 Å². The van der Waals surface area contributed by atoms with Gasteiger partial charge in [0.1, 0.15) is 11.0 Å². The monoisotopic (exact) mass is 404 g/mol. The van der Waals surface area contributed by atoms with Crippen LogP contribution < -0.4 is 5.32 Å². The lowest BCUT2D eigenvalue weighted by Gasteiger charge is -2.09. The molecule has 0 spiro atoms. The summed E-state index contributed by atoms with van der Waals surface area (Å²) in [4.78, 5) is 14.4. The van der Waals surface area contributed by atoms with E-state index in [1.54, 1.807) is 4.80 Å². The minimum absolute atomic E-state index is 0.155. The Morgan fingerprint density at radius 1 is 0.742 bits per heavy atom. The molecule has 0 atom stereocenters. The first-order chi connectivity index (χ1) is 15.2. The van der Waals surface area contributed by atoms with Gasteiger partial charge in [0.15, 0.2) is 0 Å². The van der Waals surface area contributed by atoms with Crippen molar-refractivity contribution in [3.8, 4) is 16.8 Å². The highest BCUT2D eigenvalue weighted by Crippen LogP contribution is 2.24. The van der Waals surface area contributed by atoms with Gasteiger partial charge in [-0.1, -0.05) is 60.7 Å². The maximum absolute atomic E-state index is 12.8. The number of fused-ring (bicyclic) bond motifs is 1. The second-order valence-electron chi connectivity index (χ2n) is 7.38. The van der Waals surface area contributed by atoms with Gasteiger partial charge in [-0.05, 0) is 60.0 Å². The molecule has 5 rings (SSSR count). The summed E-state index contributed by atoms with van der Waals surface area (Å²) in [7, 11) is 0. The van der Waals surface area contributed by atoms with E-state index in [4.69, 9.17) is 0 Å². The number of anilines is 1. The van der Waals surface area contributed by atoms with Crippen LogP contribution in [0, 0.1) is 6.92 Å². The van der Waals surface area contributed by atoms with Crippen molar-refractivity contribution in [3.63, 3.8) is 0 Å². The van der Waals surface area contributed by atoms with Crippen molar-refractivity contribution in [2.75, 3.05) is 5.32 Å². The molecule has 0 aliphatic carbocycles. The molecule has 1 amide bonds. The number of hydrogen-bond acceptors (Lipinski definition) is 3. The topological polar surface area (TPSA) is 59.8 Å². The van der Waals surface area contributed by atoms with Gasteiger partial charge in [0.2, 0.25) is 0 Å². The number of carbonyl (C=O) groups excluding carboxylic acids is 1. The number of hydrogen-bond donors (Lipinski definition) is 1. The summed E-state index contributed by atoms with van der Waals surface area (Å²) in [5.74, 6) is -0.155. The highest BCUT2D eigenvalue weighted by molar-refractivity contribution is 6.05. The van der Waals surface area contributed by atoms with Gasteiger partial charge in [-0.3, -0.25) is 4.79 Å². The van der Waals surface area contributed by atoms with Crippen molar-refractivity contribution in [1.82, 2.24) is 15.0 Å². The van der Waals surface area contributed by atoms with Crippen LogP contribution in [-0.4, -0.2) is 20.9 Å². The zero-order valence-electron chi connectivity index (χ0n) is 17.0. The van der Waals surface area contributed by atoms with E-state index in [2.05, 4.69) is 27.6 Å². The summed E-state index contributed by atoms with van der Waals surface area (Å²) >= 11 is 0. The maximum Gasteiger partial charge on any atom is 0.255 e. The van der Waals surface area contributed by atoms with E-state index < -0.39 is 0 Å². The van der Waals surface area contributed by atoms with Crippen LogP contribution in [0.15, 0.2) is 97.1 Å². The molecule has 5 aromatic rings. The standard InChI is InChI=1S/C26H20N4O/c1-18-16-24-25(29-30(28-24)22-10-6-3-7-11-22)17-23(18)27-26(31)21-14-12-20(13-15-21)19-8-4-2-5-9-19/h2-17H,1H3,(H,27,31).